The van der Waals surface area contributed by atoms with Crippen molar-refractivity contribution in [1.82, 2.24) is 29.4 Å². The van der Waals surface area contributed by atoms with Crippen molar-refractivity contribution in [2.45, 2.75) is 89.8 Å². The van der Waals surface area contributed by atoms with Crippen LogP contribution in [0.2, 0.25) is 0 Å². The smallest absolute Gasteiger partial charge is 0.264 e. The van der Waals surface area contributed by atoms with Crippen molar-refractivity contribution in [2.24, 2.45) is 11.0 Å². The first-order chi connectivity index (χ1) is 32.5. The lowest BCUT2D eigenvalue weighted by atomic mass is 9.85. The van der Waals surface area contributed by atoms with E-state index in [9.17, 15) is 19.2 Å². The van der Waals surface area contributed by atoms with E-state index in [2.05, 4.69) is 42.0 Å². The summed E-state index contributed by atoms with van der Waals surface area (Å²) in [6, 6.07) is 11.2. The number of piperidine rings is 1. The van der Waals surface area contributed by atoms with E-state index in [-0.39, 0.29) is 29.7 Å². The molecule has 7 aliphatic rings. The number of aryl methyl sites for hydroxylation is 1. The van der Waals surface area contributed by atoms with Gasteiger partial charge in [-0.15, -0.1) is 0 Å². The zero-order valence-corrected chi connectivity index (χ0v) is 37.9. The number of imidazole rings is 1. The number of amidine groups is 1. The number of anilines is 2. The fourth-order valence-corrected chi connectivity index (χ4v) is 11.6. The highest BCUT2D eigenvalue weighted by Crippen LogP contribution is 2.44. The number of carbonyl (C=O) groups is 4. The first-order valence-electron chi connectivity index (χ1n) is 23.7. The molecule has 11 rings (SSSR count). The van der Waals surface area contributed by atoms with Gasteiger partial charge in [-0.05, 0) is 98.0 Å². The molecule has 1 unspecified atom stereocenters. The molecule has 8 heterocycles. The largest absolute Gasteiger partial charge is 0.495 e. The fourth-order valence-electron chi connectivity index (χ4n) is 11.6. The maximum atomic E-state index is 15.2. The van der Waals surface area contributed by atoms with Crippen LogP contribution in [-0.2, 0) is 27.3 Å². The number of pyridine rings is 1. The average Bonchev–Trinajstić information content (AvgIpc) is 4.05. The molecule has 2 aromatic carbocycles. The van der Waals surface area contributed by atoms with E-state index in [0.29, 0.717) is 79.1 Å². The molecule has 4 aromatic rings. The highest BCUT2D eigenvalue weighted by molar-refractivity contribution is 6.12. The number of nitrogens with zero attached hydrogens (tertiary/aromatic N) is 9. The van der Waals surface area contributed by atoms with Crippen molar-refractivity contribution in [3.8, 4) is 16.9 Å². The standard InChI is InChI=1S/C50H54F2N10O5/c1-30(63)58-16-13-41-40(28-58)48(60-15-3-4-32-23-37(39(47(51)52)24-43(32)60)38-25-45-53-14-17-59(45)29-44(38)67-2)55-62(41)26-31-5-7-34(8-6-31)56-18-20-57(21-19-56)35-9-10-36-33(22-35)27-61(50(36)66)42-11-12-46(64)54-49(42)65/h9-10,14,17,22-26,29,31,34,42,47H,3-8,11-13,15-16,18-21,27-28H2,1-2H3/p+1/b62-26+. The number of aromatic nitrogens is 2. The second-order valence-electron chi connectivity index (χ2n) is 18.9. The third kappa shape index (κ3) is 7.83. The number of alkyl halides is 2. The number of hydrazone groups is 1. The minimum absolute atomic E-state index is 0.00156. The second kappa shape index (κ2) is 17.3. The second-order valence-corrected chi connectivity index (χ2v) is 18.9. The Hall–Kier alpha value is -6.49. The maximum absolute atomic E-state index is 15.2. The molecule has 1 aliphatic carbocycles. The molecule has 0 spiro atoms. The van der Waals surface area contributed by atoms with Crippen molar-refractivity contribution in [3.05, 3.63) is 88.5 Å². The Morgan fingerprint density at radius 1 is 0.896 bits per heavy atom. The maximum Gasteiger partial charge on any atom is 0.264 e. The van der Waals surface area contributed by atoms with E-state index < -0.39 is 18.4 Å². The number of imide groups is 1. The third-order valence-electron chi connectivity index (χ3n) is 15.2. The highest BCUT2D eigenvalue weighted by atomic mass is 19.3. The summed E-state index contributed by atoms with van der Waals surface area (Å²) in [4.78, 5) is 65.2. The fraction of sp³-hybridized carbons (Fsp3) is 0.460. The Bertz CT molecular complexity index is 2800. The minimum Gasteiger partial charge on any atom is -0.495 e. The molecule has 1 saturated carbocycles. The highest BCUT2D eigenvalue weighted by Gasteiger charge is 2.43. The number of nitrogens with one attached hydrogen (secondary N) is 1. The van der Waals surface area contributed by atoms with Crippen LogP contribution >= 0.6 is 0 Å². The van der Waals surface area contributed by atoms with Crippen LogP contribution in [-0.4, -0.2) is 129 Å². The summed E-state index contributed by atoms with van der Waals surface area (Å²) in [6.45, 7) is 7.25. The van der Waals surface area contributed by atoms with Crippen molar-refractivity contribution < 1.29 is 37.4 Å². The Morgan fingerprint density at radius 3 is 2.48 bits per heavy atom. The number of carbonyl (C=O) groups excluding carboxylic acids is 4. The van der Waals surface area contributed by atoms with E-state index in [1.54, 1.807) is 49.7 Å². The Balaban J connectivity index is 0.782. The van der Waals surface area contributed by atoms with Crippen LogP contribution in [0.1, 0.15) is 91.8 Å². The number of fused-ring (bicyclic) bond motifs is 3. The number of hydrogen-bond donors (Lipinski definition) is 1. The lowest BCUT2D eigenvalue weighted by molar-refractivity contribution is -0.479. The van der Waals surface area contributed by atoms with Gasteiger partial charge in [-0.25, -0.2) is 13.8 Å². The molecule has 3 fully saturated rings. The molecule has 15 nitrogen and oxygen atoms in total. The summed E-state index contributed by atoms with van der Waals surface area (Å²) in [5.74, 6) is 0.691. The third-order valence-corrected chi connectivity index (χ3v) is 15.2. The molecule has 1 atom stereocenters. The molecule has 2 saturated heterocycles. The summed E-state index contributed by atoms with van der Waals surface area (Å²) in [7, 11) is 1.55. The number of benzene rings is 2. The SMILES string of the molecule is COc1cn2ccnc2cc1-c1cc2c(cc1C(F)F)N(C1=N/[N+](=C/C3CCC(N4CCN(c5ccc6c(c5)CN(C5CCC(=O)NC5=O)C6=O)CC4)CC3)C3=C1CN(C(C)=O)CC3)CCC2. The molecular formula is C50H55F2N10O5+. The van der Waals surface area contributed by atoms with E-state index in [4.69, 9.17) is 9.84 Å². The lowest BCUT2D eigenvalue weighted by Gasteiger charge is -2.42. The minimum atomic E-state index is -2.74. The number of halogens is 2. The summed E-state index contributed by atoms with van der Waals surface area (Å²) in [5, 5.41) is 7.66. The Labute approximate surface area is 387 Å². The molecule has 17 heteroatoms. The summed E-state index contributed by atoms with van der Waals surface area (Å²) >= 11 is 0. The number of methoxy groups -OCH3 is 1. The van der Waals surface area contributed by atoms with Gasteiger partial charge in [0, 0.05) is 117 Å². The van der Waals surface area contributed by atoms with Crippen LogP contribution in [0.5, 0.6) is 5.75 Å². The van der Waals surface area contributed by atoms with Crippen molar-refractivity contribution in [1.29, 1.82) is 0 Å². The van der Waals surface area contributed by atoms with Gasteiger partial charge in [0.1, 0.15) is 17.4 Å². The van der Waals surface area contributed by atoms with Gasteiger partial charge in [0.2, 0.25) is 29.3 Å². The zero-order valence-electron chi connectivity index (χ0n) is 37.9. The molecule has 348 valence electrons. The summed E-state index contributed by atoms with van der Waals surface area (Å²) < 4.78 is 39.9. The number of amides is 4. The molecule has 1 N–H and O–H groups in total. The molecule has 67 heavy (non-hydrogen) atoms. The first-order valence-corrected chi connectivity index (χ1v) is 23.7. The van der Waals surface area contributed by atoms with Gasteiger partial charge in [0.05, 0.1) is 31.8 Å². The Kier molecular flexibility index (Phi) is 11.1. The van der Waals surface area contributed by atoms with Crippen molar-refractivity contribution in [2.75, 3.05) is 62.7 Å². The van der Waals surface area contributed by atoms with Crippen LogP contribution in [0, 0.1) is 5.92 Å². The van der Waals surface area contributed by atoms with Crippen molar-refractivity contribution >= 4 is 52.7 Å². The van der Waals surface area contributed by atoms with Gasteiger partial charge >= 0.3 is 0 Å². The normalized spacial score (nSPS) is 24.1. The number of ether oxygens (including phenoxy) is 1. The monoisotopic (exact) mass is 913 g/mol. The quantitative estimate of drug-likeness (QED) is 0.181. The summed E-state index contributed by atoms with van der Waals surface area (Å²) in [6.07, 6.45) is 11.8. The zero-order chi connectivity index (χ0) is 46.1. The van der Waals surface area contributed by atoms with Crippen LogP contribution in [0.3, 0.4) is 0 Å². The lowest BCUT2D eigenvalue weighted by Crippen LogP contribution is -2.52. The number of piperazine rings is 1. The molecule has 2 aromatic heterocycles. The van der Waals surface area contributed by atoms with Gasteiger partial charge in [-0.1, -0.05) is 4.68 Å². The first kappa shape index (κ1) is 43.1. The summed E-state index contributed by atoms with van der Waals surface area (Å²) in [5.41, 5.74) is 7.94. The predicted molar refractivity (Wildman–Crippen MR) is 247 cm³/mol. The van der Waals surface area contributed by atoms with E-state index in [1.807, 2.05) is 27.5 Å². The predicted octanol–water partition coefficient (Wildman–Crippen LogP) is 5.76. The van der Waals surface area contributed by atoms with Gasteiger partial charge in [0.15, 0.2) is 6.21 Å². The van der Waals surface area contributed by atoms with Crippen LogP contribution in [0.4, 0.5) is 20.2 Å². The van der Waals surface area contributed by atoms with Gasteiger partial charge in [-0.3, -0.25) is 29.4 Å². The molecular weight excluding hydrogens is 859 g/mol. The molecule has 4 amide bonds. The average molecular weight is 914 g/mol. The van der Waals surface area contributed by atoms with Gasteiger partial charge < -0.3 is 28.7 Å². The topological polar surface area (TPSA) is 138 Å². The van der Waals surface area contributed by atoms with Crippen LogP contribution < -0.4 is 19.9 Å². The van der Waals surface area contributed by atoms with Crippen molar-refractivity contribution in [3.63, 3.8) is 0 Å². The van der Waals surface area contributed by atoms with E-state index in [0.717, 1.165) is 104 Å². The van der Waals surface area contributed by atoms with E-state index >= 15 is 8.78 Å². The molecule has 6 aliphatic heterocycles. The van der Waals surface area contributed by atoms with Crippen LogP contribution in [0.25, 0.3) is 16.8 Å². The van der Waals surface area contributed by atoms with E-state index in [1.165, 1.54) is 0 Å². The van der Waals surface area contributed by atoms with Crippen LogP contribution in [0.15, 0.2) is 71.4 Å². The molecule has 0 radical (unpaired) electrons. The van der Waals surface area contributed by atoms with Gasteiger partial charge in [0.25, 0.3) is 12.3 Å². The molecule has 0 bridgehead atoms. The number of hydrogen-bond acceptors (Lipinski definition) is 10. The number of rotatable bonds is 7. The Morgan fingerprint density at radius 2 is 1.72 bits per heavy atom. The van der Waals surface area contributed by atoms with Gasteiger partial charge in [-0.2, -0.15) is 0 Å².